The van der Waals surface area contributed by atoms with Gasteiger partial charge in [0.15, 0.2) is 0 Å². The lowest BCUT2D eigenvalue weighted by Crippen LogP contribution is -2.35. The second-order valence-corrected chi connectivity index (χ2v) is 10.3. The van der Waals surface area contributed by atoms with Gasteiger partial charge in [-0.25, -0.2) is 0 Å². The molecule has 2 aliphatic rings. The lowest BCUT2D eigenvalue weighted by Gasteiger charge is -2.29. The predicted molar refractivity (Wildman–Crippen MR) is 135 cm³/mol. The fourth-order valence-corrected chi connectivity index (χ4v) is 5.42. The summed E-state index contributed by atoms with van der Waals surface area (Å²) >= 11 is 0. The summed E-state index contributed by atoms with van der Waals surface area (Å²) in [7, 11) is -4.28. The number of carbonyl (C=O) groups excluding carboxylic acids is 1. The van der Waals surface area contributed by atoms with Gasteiger partial charge in [-0.1, -0.05) is 48.0 Å². The van der Waals surface area contributed by atoms with Crippen LogP contribution in [0.3, 0.4) is 0 Å². The number of aromatic nitrogens is 1. The number of likely N-dealkylation sites (tertiary alicyclic amines) is 1. The minimum absolute atomic E-state index is 0.00418. The van der Waals surface area contributed by atoms with Crippen LogP contribution < -0.4 is 0 Å². The van der Waals surface area contributed by atoms with Crippen molar-refractivity contribution in [2.75, 3.05) is 13.1 Å². The molecule has 0 atom stereocenters. The monoisotopic (exact) mass is 486 g/mol. The molecule has 1 aromatic heterocycles. The van der Waals surface area contributed by atoms with Gasteiger partial charge in [0.2, 0.25) is 5.91 Å². The number of hydrogen-bond donors (Lipinski definition) is 1. The lowest BCUT2D eigenvalue weighted by atomic mass is 9.88. The van der Waals surface area contributed by atoms with Crippen LogP contribution >= 0.6 is 0 Å². The number of pyridine rings is 1. The molecule has 1 aliphatic heterocycles. The van der Waals surface area contributed by atoms with Crippen molar-refractivity contribution in [1.82, 2.24) is 9.88 Å². The van der Waals surface area contributed by atoms with E-state index >= 15 is 0 Å². The van der Waals surface area contributed by atoms with Crippen LogP contribution in [0, 0.1) is 0 Å². The number of rotatable bonds is 3. The molecule has 178 valence electrons. The Hall–Kier alpha value is -3.55. The number of benzene rings is 2. The van der Waals surface area contributed by atoms with Crippen molar-refractivity contribution >= 4 is 27.7 Å². The predicted octanol–water partition coefficient (Wildman–Crippen LogP) is 4.56. The van der Waals surface area contributed by atoms with Gasteiger partial charge in [-0.05, 0) is 72.2 Å². The van der Waals surface area contributed by atoms with Crippen molar-refractivity contribution in [1.29, 1.82) is 0 Å². The first-order valence-corrected chi connectivity index (χ1v) is 13.1. The molecule has 35 heavy (non-hydrogen) atoms. The van der Waals surface area contributed by atoms with Crippen LogP contribution in [0.25, 0.3) is 11.6 Å². The Morgan fingerprint density at radius 3 is 2.40 bits per heavy atom. The van der Waals surface area contributed by atoms with E-state index < -0.39 is 10.1 Å². The molecule has 2 heterocycles. The minimum Gasteiger partial charge on any atom is -0.339 e. The molecule has 0 bridgehead atoms. The summed E-state index contributed by atoms with van der Waals surface area (Å²) in [5, 5.41) is 0. The highest BCUT2D eigenvalue weighted by atomic mass is 32.2. The Bertz CT molecular complexity index is 1430. The fourth-order valence-electron chi connectivity index (χ4n) is 4.89. The van der Waals surface area contributed by atoms with E-state index in [1.807, 2.05) is 47.4 Å². The molecule has 3 aromatic rings. The van der Waals surface area contributed by atoms with Gasteiger partial charge in [-0.2, -0.15) is 8.42 Å². The Morgan fingerprint density at radius 2 is 1.66 bits per heavy atom. The van der Waals surface area contributed by atoms with Crippen LogP contribution in [0.15, 0.2) is 83.4 Å². The molecule has 1 amide bonds. The number of hydrogen-bond acceptors (Lipinski definition) is 4. The quantitative estimate of drug-likeness (QED) is 0.433. The summed E-state index contributed by atoms with van der Waals surface area (Å²) in [5.41, 5.74) is 7.10. The third kappa shape index (κ3) is 4.97. The van der Waals surface area contributed by atoms with Gasteiger partial charge in [0.1, 0.15) is 0 Å². The topological polar surface area (TPSA) is 87.6 Å². The molecular formula is C28H26N2O4S. The first-order chi connectivity index (χ1) is 16.9. The Labute approximate surface area is 205 Å². The zero-order valence-electron chi connectivity index (χ0n) is 19.2. The van der Waals surface area contributed by atoms with Gasteiger partial charge < -0.3 is 4.90 Å². The molecule has 0 unspecified atom stereocenters. The van der Waals surface area contributed by atoms with Crippen LogP contribution in [0.5, 0.6) is 0 Å². The fraction of sp³-hybridized carbons (Fsp3) is 0.214. The third-order valence-corrected chi connectivity index (χ3v) is 7.54. The van der Waals surface area contributed by atoms with E-state index in [4.69, 9.17) is 4.98 Å². The third-order valence-electron chi connectivity index (χ3n) is 6.69. The van der Waals surface area contributed by atoms with Crippen molar-refractivity contribution in [3.8, 4) is 0 Å². The molecule has 5 rings (SSSR count). The molecular weight excluding hydrogens is 460 g/mol. The van der Waals surface area contributed by atoms with Crippen LogP contribution in [-0.4, -0.2) is 41.9 Å². The van der Waals surface area contributed by atoms with Gasteiger partial charge in [-0.15, -0.1) is 0 Å². The van der Waals surface area contributed by atoms with Gasteiger partial charge in [0.25, 0.3) is 10.1 Å². The van der Waals surface area contributed by atoms with Crippen molar-refractivity contribution in [3.63, 3.8) is 0 Å². The van der Waals surface area contributed by atoms with Gasteiger partial charge in [-0.3, -0.25) is 14.3 Å². The van der Waals surface area contributed by atoms with E-state index in [1.54, 1.807) is 24.4 Å². The van der Waals surface area contributed by atoms with Crippen LogP contribution in [0.2, 0.25) is 0 Å². The highest BCUT2D eigenvalue weighted by Crippen LogP contribution is 2.38. The average Bonchev–Trinajstić information content (AvgIpc) is 3.04. The first kappa shape index (κ1) is 23.2. The maximum Gasteiger partial charge on any atom is 0.294 e. The molecule has 1 N–H and O–H groups in total. The molecule has 6 nitrogen and oxygen atoms in total. The summed E-state index contributed by atoms with van der Waals surface area (Å²) in [4.78, 5) is 19.2. The highest BCUT2D eigenvalue weighted by Gasteiger charge is 2.27. The van der Waals surface area contributed by atoms with Crippen molar-refractivity contribution < 1.29 is 17.8 Å². The Morgan fingerprint density at radius 1 is 0.914 bits per heavy atom. The maximum absolute atomic E-state index is 12.8. The minimum atomic E-state index is -4.28. The van der Waals surface area contributed by atoms with E-state index in [-0.39, 0.29) is 10.8 Å². The molecule has 0 radical (unpaired) electrons. The SMILES string of the molecule is O=C(C=Cc1ccccc1)N1CCC(=C2c3ccc(S(=O)(=O)O)cc3CCc3cccnc32)CC1. The molecule has 0 spiro atoms. The van der Waals surface area contributed by atoms with Crippen molar-refractivity contribution in [3.05, 3.63) is 106 Å². The summed E-state index contributed by atoms with van der Waals surface area (Å²) in [6, 6.07) is 18.5. The first-order valence-electron chi connectivity index (χ1n) is 11.7. The van der Waals surface area contributed by atoms with E-state index in [2.05, 4.69) is 6.07 Å². The maximum atomic E-state index is 12.8. The van der Waals surface area contributed by atoms with Gasteiger partial charge in [0.05, 0.1) is 10.6 Å². The van der Waals surface area contributed by atoms with Crippen LogP contribution in [0.1, 0.15) is 40.8 Å². The largest absolute Gasteiger partial charge is 0.339 e. The summed E-state index contributed by atoms with van der Waals surface area (Å²) in [6.45, 7) is 1.22. The highest BCUT2D eigenvalue weighted by molar-refractivity contribution is 7.85. The summed E-state index contributed by atoms with van der Waals surface area (Å²) < 4.78 is 33.0. The van der Waals surface area contributed by atoms with Crippen molar-refractivity contribution in [2.45, 2.75) is 30.6 Å². The van der Waals surface area contributed by atoms with Crippen LogP contribution in [0.4, 0.5) is 0 Å². The van der Waals surface area contributed by atoms with Gasteiger partial charge >= 0.3 is 0 Å². The molecule has 2 aromatic carbocycles. The van der Waals surface area contributed by atoms with E-state index in [0.29, 0.717) is 19.5 Å². The molecule has 1 aliphatic carbocycles. The molecule has 1 fully saturated rings. The van der Waals surface area contributed by atoms with Crippen molar-refractivity contribution in [2.24, 2.45) is 0 Å². The Kier molecular flexibility index (Phi) is 6.36. The summed E-state index contributed by atoms with van der Waals surface area (Å²) in [5.74, 6) is -0.00418. The zero-order valence-corrected chi connectivity index (χ0v) is 20.0. The second kappa shape index (κ2) is 9.60. The molecule has 7 heteroatoms. The smallest absolute Gasteiger partial charge is 0.294 e. The zero-order chi connectivity index (χ0) is 24.4. The number of amides is 1. The number of nitrogens with zero attached hydrogens (tertiary/aromatic N) is 2. The summed E-state index contributed by atoms with van der Waals surface area (Å²) in [6.07, 6.45) is 8.07. The number of aryl methyl sites for hydroxylation is 2. The van der Waals surface area contributed by atoms with E-state index in [9.17, 15) is 17.8 Å². The normalized spacial score (nSPS) is 16.1. The number of fused-ring (bicyclic) bond motifs is 2. The van der Waals surface area contributed by atoms with Crippen LogP contribution in [-0.2, 0) is 27.8 Å². The second-order valence-electron chi connectivity index (χ2n) is 8.85. The van der Waals surface area contributed by atoms with Gasteiger partial charge in [0, 0.05) is 30.9 Å². The average molecular weight is 487 g/mol. The Balaban J connectivity index is 1.46. The standard InChI is InChI=1S/C28H26N2O4S/c31-26(13-8-20-5-2-1-3-6-20)30-17-14-21(15-18-30)27-25-12-11-24(35(32,33)34)19-23(25)10-9-22-7-4-16-29-28(22)27/h1-8,11-13,16,19H,9-10,14-15,17-18H2,(H,32,33,34). The van der Waals surface area contributed by atoms with E-state index in [1.165, 1.54) is 11.6 Å². The number of piperidine rings is 1. The lowest BCUT2D eigenvalue weighted by molar-refractivity contribution is -0.126. The molecule has 0 saturated carbocycles. The molecule has 1 saturated heterocycles. The number of carbonyl (C=O) groups is 1. The van der Waals surface area contributed by atoms with E-state index in [0.717, 1.165) is 52.8 Å².